The molecule has 4 aromatic rings. The predicted octanol–water partition coefficient (Wildman–Crippen LogP) is 3.24. The molecular formula is C20H18N4O3. The zero-order chi connectivity index (χ0) is 18.8. The second-order valence-electron chi connectivity index (χ2n) is 6.02. The molecule has 0 aliphatic carbocycles. The molecule has 136 valence electrons. The summed E-state index contributed by atoms with van der Waals surface area (Å²) in [6, 6.07) is 20.2. The molecule has 0 saturated heterocycles. The minimum Gasteiger partial charge on any atom is -0.595 e. The minimum absolute atomic E-state index is 0.199. The van der Waals surface area contributed by atoms with Crippen LogP contribution in [-0.2, 0) is 0 Å². The molecule has 0 fully saturated rings. The van der Waals surface area contributed by atoms with Crippen molar-refractivity contribution in [2.45, 2.75) is 0 Å². The summed E-state index contributed by atoms with van der Waals surface area (Å²) < 4.78 is 5.35. The van der Waals surface area contributed by atoms with E-state index in [0.29, 0.717) is 11.3 Å². The van der Waals surface area contributed by atoms with Crippen LogP contribution in [0.4, 0.5) is 17.1 Å². The van der Waals surface area contributed by atoms with Gasteiger partial charge in [-0.15, -0.1) is 0 Å². The van der Waals surface area contributed by atoms with Gasteiger partial charge in [0.2, 0.25) is 0 Å². The first kappa shape index (κ1) is 17.0. The van der Waals surface area contributed by atoms with E-state index < -0.39 is 5.23 Å². The van der Waals surface area contributed by atoms with Gasteiger partial charge in [-0.25, -0.2) is 10.2 Å². The van der Waals surface area contributed by atoms with Crippen LogP contribution in [0.25, 0.3) is 21.8 Å². The number of fused-ring (bicyclic) bond motifs is 2. The van der Waals surface area contributed by atoms with Crippen LogP contribution < -0.4 is 20.8 Å². The highest BCUT2D eigenvalue weighted by molar-refractivity contribution is 6.08. The molecule has 1 aromatic heterocycles. The second kappa shape index (κ2) is 7.08. The Morgan fingerprint density at radius 3 is 2.48 bits per heavy atom. The number of rotatable bonds is 5. The summed E-state index contributed by atoms with van der Waals surface area (Å²) in [6.07, 6.45) is 0. The maximum Gasteiger partial charge on any atom is 0.165 e. The van der Waals surface area contributed by atoms with E-state index in [9.17, 15) is 10.4 Å². The fourth-order valence-electron chi connectivity index (χ4n) is 2.97. The molecule has 7 heteroatoms. The zero-order valence-electron chi connectivity index (χ0n) is 14.6. The van der Waals surface area contributed by atoms with E-state index in [1.54, 1.807) is 25.3 Å². The number of hydrogen-bond donors (Lipinski definition) is 4. The maximum absolute atomic E-state index is 11.3. The van der Waals surface area contributed by atoms with Gasteiger partial charge in [0.15, 0.2) is 5.69 Å². The molecule has 0 amide bonds. The second-order valence-corrected chi connectivity index (χ2v) is 6.02. The van der Waals surface area contributed by atoms with Crippen molar-refractivity contribution in [3.63, 3.8) is 0 Å². The van der Waals surface area contributed by atoms with Crippen molar-refractivity contribution < 1.29 is 15.2 Å². The van der Waals surface area contributed by atoms with Gasteiger partial charge in [0.1, 0.15) is 5.75 Å². The third-order valence-electron chi connectivity index (χ3n) is 4.33. The Balaban J connectivity index is 1.89. The first-order valence-electron chi connectivity index (χ1n) is 8.37. The number of hydrogen-bond acceptors (Lipinski definition) is 6. The lowest BCUT2D eigenvalue weighted by Gasteiger charge is -2.17. The Morgan fingerprint density at radius 2 is 1.74 bits per heavy atom. The number of ether oxygens (including phenoxy) is 1. The number of para-hydroxylation sites is 1. The number of anilines is 2. The highest BCUT2D eigenvalue weighted by Gasteiger charge is 2.12. The number of nitrogens with zero attached hydrogens (tertiary/aromatic N) is 1. The van der Waals surface area contributed by atoms with Gasteiger partial charge in [-0.3, -0.25) is 5.43 Å². The monoisotopic (exact) mass is 362 g/mol. The SMILES string of the molecule is COc1ccc2nc3cc([NH+]([O-])O)ccc3c(NNc3ccccc3)c2c1. The van der Waals surface area contributed by atoms with E-state index in [0.717, 1.165) is 27.7 Å². The number of hydrazine groups is 1. The smallest absolute Gasteiger partial charge is 0.165 e. The average molecular weight is 362 g/mol. The Labute approximate surface area is 155 Å². The molecule has 3 aromatic carbocycles. The number of pyridine rings is 1. The summed E-state index contributed by atoms with van der Waals surface area (Å²) in [5.41, 5.74) is 9.68. The van der Waals surface area contributed by atoms with Crippen LogP contribution in [0.15, 0.2) is 66.7 Å². The molecule has 0 bridgehead atoms. The summed E-state index contributed by atoms with van der Waals surface area (Å²) in [4.78, 5) is 4.63. The van der Waals surface area contributed by atoms with Crippen LogP contribution >= 0.6 is 0 Å². The third kappa shape index (κ3) is 3.34. The fraction of sp³-hybridized carbons (Fsp3) is 0.0500. The Hall–Kier alpha value is -3.39. The van der Waals surface area contributed by atoms with Crippen LogP contribution in [0.3, 0.4) is 0 Å². The number of nitrogens with one attached hydrogen (secondary N) is 3. The molecule has 27 heavy (non-hydrogen) atoms. The summed E-state index contributed by atoms with van der Waals surface area (Å²) in [6.45, 7) is 0. The van der Waals surface area contributed by atoms with Crippen molar-refractivity contribution in [3.05, 3.63) is 71.9 Å². The van der Waals surface area contributed by atoms with Crippen molar-refractivity contribution in [1.29, 1.82) is 0 Å². The van der Waals surface area contributed by atoms with E-state index in [-0.39, 0.29) is 5.69 Å². The van der Waals surface area contributed by atoms with Gasteiger partial charge in [-0.05, 0) is 36.4 Å². The van der Waals surface area contributed by atoms with Crippen molar-refractivity contribution in [2.75, 3.05) is 18.0 Å². The van der Waals surface area contributed by atoms with E-state index >= 15 is 0 Å². The van der Waals surface area contributed by atoms with E-state index in [1.165, 1.54) is 0 Å². The highest BCUT2D eigenvalue weighted by Crippen LogP contribution is 2.33. The molecule has 1 heterocycles. The summed E-state index contributed by atoms with van der Waals surface area (Å²) in [5.74, 6) is 0.716. The van der Waals surface area contributed by atoms with Crippen LogP contribution in [0.5, 0.6) is 5.75 Å². The quantitative estimate of drug-likeness (QED) is 0.322. The lowest BCUT2D eigenvalue weighted by Crippen LogP contribution is -2.99. The maximum atomic E-state index is 11.3. The van der Waals surface area contributed by atoms with Gasteiger partial charge < -0.3 is 15.4 Å². The lowest BCUT2D eigenvalue weighted by molar-refractivity contribution is -0.991. The molecule has 1 unspecified atom stereocenters. The zero-order valence-corrected chi connectivity index (χ0v) is 14.6. The topological polar surface area (TPSA) is 93.9 Å². The van der Waals surface area contributed by atoms with Crippen LogP contribution in [-0.4, -0.2) is 17.3 Å². The van der Waals surface area contributed by atoms with E-state index in [4.69, 9.17) is 4.74 Å². The van der Waals surface area contributed by atoms with Gasteiger partial charge >= 0.3 is 0 Å². The number of benzene rings is 3. The fourth-order valence-corrected chi connectivity index (χ4v) is 2.97. The van der Waals surface area contributed by atoms with Gasteiger partial charge in [0.25, 0.3) is 0 Å². The summed E-state index contributed by atoms with van der Waals surface area (Å²) in [7, 11) is 1.62. The molecular weight excluding hydrogens is 344 g/mol. The molecule has 4 rings (SSSR count). The van der Waals surface area contributed by atoms with Gasteiger partial charge in [0.05, 0.1) is 29.5 Å². The third-order valence-corrected chi connectivity index (χ3v) is 4.33. The number of quaternary nitrogens is 1. The molecule has 1 atom stereocenters. The lowest BCUT2D eigenvalue weighted by atomic mass is 10.1. The molecule has 0 radical (unpaired) electrons. The van der Waals surface area contributed by atoms with Crippen LogP contribution in [0.2, 0.25) is 0 Å². The largest absolute Gasteiger partial charge is 0.595 e. The molecule has 4 N–H and O–H groups in total. The van der Waals surface area contributed by atoms with Crippen LogP contribution in [0, 0.1) is 5.21 Å². The van der Waals surface area contributed by atoms with E-state index in [1.807, 2.05) is 48.5 Å². The summed E-state index contributed by atoms with van der Waals surface area (Å²) in [5, 5.41) is 21.3. The standard InChI is InChI=1S/C20H18N4O3/c1-27-15-8-10-18-17(12-15)20(23-22-13-5-3-2-4-6-13)16-9-7-14(24(25)26)11-19(16)21-18/h2-12,22,24-25H,1H3,(H,21,23). The van der Waals surface area contributed by atoms with Crippen molar-refractivity contribution in [2.24, 2.45) is 0 Å². The molecule has 0 spiro atoms. The number of aromatic nitrogens is 1. The molecule has 0 aliphatic heterocycles. The first-order valence-corrected chi connectivity index (χ1v) is 8.37. The Kier molecular flexibility index (Phi) is 4.47. The Morgan fingerprint density at radius 1 is 0.926 bits per heavy atom. The molecule has 0 aliphatic rings. The van der Waals surface area contributed by atoms with Crippen molar-refractivity contribution in [1.82, 2.24) is 4.98 Å². The van der Waals surface area contributed by atoms with Crippen molar-refractivity contribution in [3.8, 4) is 5.75 Å². The summed E-state index contributed by atoms with van der Waals surface area (Å²) >= 11 is 0. The van der Waals surface area contributed by atoms with Gasteiger partial charge in [0, 0.05) is 22.9 Å². The van der Waals surface area contributed by atoms with Gasteiger partial charge in [-0.1, -0.05) is 18.2 Å². The van der Waals surface area contributed by atoms with E-state index in [2.05, 4.69) is 15.8 Å². The minimum atomic E-state index is -0.981. The number of methoxy groups -OCH3 is 1. The average Bonchev–Trinajstić information content (AvgIpc) is 2.71. The van der Waals surface area contributed by atoms with Gasteiger partial charge in [-0.2, -0.15) is 5.23 Å². The predicted molar refractivity (Wildman–Crippen MR) is 105 cm³/mol. The van der Waals surface area contributed by atoms with Crippen molar-refractivity contribution >= 4 is 38.9 Å². The van der Waals surface area contributed by atoms with Crippen LogP contribution in [0.1, 0.15) is 0 Å². The molecule has 0 saturated carbocycles. The normalized spacial score (nSPS) is 12.1. The Bertz CT molecular complexity index is 1100. The molecule has 7 nitrogen and oxygen atoms in total. The first-order chi connectivity index (χ1) is 13.2. The highest BCUT2D eigenvalue weighted by atomic mass is 16.8.